The van der Waals surface area contributed by atoms with Gasteiger partial charge in [0.05, 0.1) is 0 Å². The van der Waals surface area contributed by atoms with Crippen molar-refractivity contribution in [2.45, 2.75) is 45.3 Å². The van der Waals surface area contributed by atoms with Gasteiger partial charge in [-0.25, -0.2) is 9.78 Å². The van der Waals surface area contributed by atoms with Crippen molar-refractivity contribution in [2.75, 3.05) is 6.61 Å². The number of imidazole rings is 1. The molecule has 1 fully saturated rings. The normalized spacial score (nSPS) is 22.7. The smallest absolute Gasteiger partial charge is 0.330 e. The van der Waals surface area contributed by atoms with Crippen molar-refractivity contribution in [3.05, 3.63) is 26.7 Å². The van der Waals surface area contributed by atoms with Crippen LogP contribution in [0.5, 0.6) is 0 Å². The summed E-state index contributed by atoms with van der Waals surface area (Å²) >= 11 is 0. The van der Waals surface area contributed by atoms with Crippen LogP contribution in [0.25, 0.3) is 11.2 Å². The maximum atomic E-state index is 11.9. The molecule has 1 atom stereocenters. The summed E-state index contributed by atoms with van der Waals surface area (Å²) in [5, 5.41) is 0. The molecule has 2 aromatic heterocycles. The number of aromatic amines is 2. The largest absolute Gasteiger partial charge is 0.367 e. The molecule has 0 radical (unpaired) electrons. The fourth-order valence-electron chi connectivity index (χ4n) is 2.69. The van der Waals surface area contributed by atoms with Crippen LogP contribution in [0.15, 0.2) is 9.59 Å². The molecular formula is C13H18N4O3. The van der Waals surface area contributed by atoms with E-state index in [-0.39, 0.29) is 0 Å². The SMILES string of the molecule is CCCn1c(=O)[nH]c(=O)c2[nH]c(C3(C)CCCO3)nc21. The maximum absolute atomic E-state index is 11.9. The molecule has 7 nitrogen and oxygen atoms in total. The van der Waals surface area contributed by atoms with E-state index < -0.39 is 16.9 Å². The first kappa shape index (κ1) is 13.1. The first-order valence-electron chi connectivity index (χ1n) is 6.92. The van der Waals surface area contributed by atoms with Crippen LogP contribution >= 0.6 is 0 Å². The van der Waals surface area contributed by atoms with Gasteiger partial charge in [0.25, 0.3) is 5.56 Å². The lowest BCUT2D eigenvalue weighted by Crippen LogP contribution is -2.30. The third kappa shape index (κ3) is 1.89. The predicted molar refractivity (Wildman–Crippen MR) is 73.8 cm³/mol. The highest BCUT2D eigenvalue weighted by Gasteiger charge is 2.35. The van der Waals surface area contributed by atoms with E-state index in [1.165, 1.54) is 4.57 Å². The summed E-state index contributed by atoms with van der Waals surface area (Å²) < 4.78 is 7.23. The van der Waals surface area contributed by atoms with Gasteiger partial charge >= 0.3 is 5.69 Å². The van der Waals surface area contributed by atoms with Crippen molar-refractivity contribution in [1.82, 2.24) is 19.5 Å². The lowest BCUT2D eigenvalue weighted by atomic mass is 10.0. The third-order valence-electron chi connectivity index (χ3n) is 3.80. The molecule has 1 aliphatic rings. The fraction of sp³-hybridized carbons (Fsp3) is 0.615. The Morgan fingerprint density at radius 1 is 1.40 bits per heavy atom. The second-order valence-corrected chi connectivity index (χ2v) is 5.38. The van der Waals surface area contributed by atoms with Crippen molar-refractivity contribution < 1.29 is 4.74 Å². The number of rotatable bonds is 3. The summed E-state index contributed by atoms with van der Waals surface area (Å²) in [5.74, 6) is 0.617. The zero-order chi connectivity index (χ0) is 14.3. The molecule has 108 valence electrons. The van der Waals surface area contributed by atoms with E-state index in [0.717, 1.165) is 19.3 Å². The zero-order valence-electron chi connectivity index (χ0n) is 11.7. The molecule has 0 spiro atoms. The molecule has 0 aliphatic carbocycles. The molecule has 2 N–H and O–H groups in total. The van der Waals surface area contributed by atoms with Crippen LogP contribution in [-0.2, 0) is 16.9 Å². The van der Waals surface area contributed by atoms with Crippen LogP contribution < -0.4 is 11.2 Å². The number of H-pyrrole nitrogens is 2. The molecule has 0 saturated carbocycles. The van der Waals surface area contributed by atoms with Crippen LogP contribution in [-0.4, -0.2) is 26.1 Å². The lowest BCUT2D eigenvalue weighted by Gasteiger charge is -2.19. The third-order valence-corrected chi connectivity index (χ3v) is 3.80. The summed E-state index contributed by atoms with van der Waals surface area (Å²) in [5.41, 5.74) is -0.604. The lowest BCUT2D eigenvalue weighted by molar-refractivity contribution is 0.0102. The molecule has 1 unspecified atom stereocenters. The number of nitrogens with one attached hydrogen (secondary N) is 2. The Balaban J connectivity index is 2.24. The standard InChI is InChI=1S/C13H18N4O3/c1-3-6-17-9-8(10(18)16-12(17)19)14-11(15-9)13(2)5-4-7-20-13/h3-7H2,1-2H3,(H,14,15)(H,16,18,19). The molecule has 7 heteroatoms. The Labute approximate surface area is 115 Å². The Hall–Kier alpha value is -1.89. The van der Waals surface area contributed by atoms with E-state index in [2.05, 4.69) is 15.0 Å². The first-order valence-corrected chi connectivity index (χ1v) is 6.92. The van der Waals surface area contributed by atoms with Gasteiger partial charge in [-0.1, -0.05) is 6.92 Å². The monoisotopic (exact) mass is 278 g/mol. The number of hydrogen-bond acceptors (Lipinski definition) is 4. The molecule has 2 aromatic rings. The summed E-state index contributed by atoms with van der Waals surface area (Å²) in [6.45, 7) is 5.13. The van der Waals surface area contributed by atoms with Gasteiger partial charge in [0.1, 0.15) is 16.9 Å². The summed E-state index contributed by atoms with van der Waals surface area (Å²) in [6, 6.07) is 0. The average Bonchev–Trinajstić information content (AvgIpc) is 3.02. The first-order chi connectivity index (χ1) is 9.55. The van der Waals surface area contributed by atoms with Crippen molar-refractivity contribution in [3.8, 4) is 0 Å². The maximum Gasteiger partial charge on any atom is 0.330 e. The van der Waals surface area contributed by atoms with Crippen LogP contribution in [0.1, 0.15) is 38.9 Å². The Kier molecular flexibility index (Phi) is 3.01. The fourth-order valence-corrected chi connectivity index (χ4v) is 2.69. The topological polar surface area (TPSA) is 92.8 Å². The van der Waals surface area contributed by atoms with Crippen molar-refractivity contribution in [2.24, 2.45) is 0 Å². The average molecular weight is 278 g/mol. The molecule has 0 bridgehead atoms. The van der Waals surface area contributed by atoms with Crippen LogP contribution in [0, 0.1) is 0 Å². The minimum atomic E-state index is -0.501. The molecule has 1 saturated heterocycles. The van der Waals surface area contributed by atoms with E-state index >= 15 is 0 Å². The number of hydrogen-bond donors (Lipinski definition) is 2. The van der Waals surface area contributed by atoms with Gasteiger partial charge in [0.2, 0.25) is 0 Å². The number of ether oxygens (including phenoxy) is 1. The molecule has 20 heavy (non-hydrogen) atoms. The van der Waals surface area contributed by atoms with Crippen molar-refractivity contribution in [1.29, 1.82) is 0 Å². The van der Waals surface area contributed by atoms with Gasteiger partial charge in [-0.2, -0.15) is 0 Å². The second-order valence-electron chi connectivity index (χ2n) is 5.38. The van der Waals surface area contributed by atoms with Crippen molar-refractivity contribution in [3.63, 3.8) is 0 Å². The molecule has 0 amide bonds. The van der Waals surface area contributed by atoms with Gasteiger partial charge in [0.15, 0.2) is 5.65 Å². The quantitative estimate of drug-likeness (QED) is 0.870. The molecule has 0 aromatic carbocycles. The summed E-state index contributed by atoms with van der Waals surface area (Å²) in [7, 11) is 0. The number of fused-ring (bicyclic) bond motifs is 1. The van der Waals surface area contributed by atoms with Gasteiger partial charge in [-0.05, 0) is 26.2 Å². The minimum absolute atomic E-state index is 0.338. The van der Waals surface area contributed by atoms with E-state index in [1.54, 1.807) is 0 Å². The van der Waals surface area contributed by atoms with Gasteiger partial charge < -0.3 is 9.72 Å². The molecule has 1 aliphatic heterocycles. The predicted octanol–water partition coefficient (Wildman–Crippen LogP) is 0.848. The number of aromatic nitrogens is 4. The highest BCUT2D eigenvalue weighted by Crippen LogP contribution is 2.34. The van der Waals surface area contributed by atoms with Gasteiger partial charge in [0, 0.05) is 13.2 Å². The highest BCUT2D eigenvalue weighted by atomic mass is 16.5. The Bertz CT molecular complexity index is 749. The molecular weight excluding hydrogens is 260 g/mol. The van der Waals surface area contributed by atoms with Crippen molar-refractivity contribution >= 4 is 11.2 Å². The van der Waals surface area contributed by atoms with Crippen LogP contribution in [0.3, 0.4) is 0 Å². The number of aryl methyl sites for hydroxylation is 1. The van der Waals surface area contributed by atoms with Crippen LogP contribution in [0.4, 0.5) is 0 Å². The van der Waals surface area contributed by atoms with Gasteiger partial charge in [-0.3, -0.25) is 14.3 Å². The van der Waals surface area contributed by atoms with E-state index in [4.69, 9.17) is 4.74 Å². The van der Waals surface area contributed by atoms with Gasteiger partial charge in [-0.15, -0.1) is 0 Å². The molecule has 3 rings (SSSR count). The summed E-state index contributed by atoms with van der Waals surface area (Å²) in [6.07, 6.45) is 2.60. The zero-order valence-corrected chi connectivity index (χ0v) is 11.7. The van der Waals surface area contributed by atoms with E-state index in [0.29, 0.717) is 30.1 Å². The Morgan fingerprint density at radius 2 is 2.20 bits per heavy atom. The van der Waals surface area contributed by atoms with Crippen LogP contribution in [0.2, 0.25) is 0 Å². The van der Waals surface area contributed by atoms with E-state index in [9.17, 15) is 9.59 Å². The highest BCUT2D eigenvalue weighted by molar-refractivity contribution is 5.69. The second kappa shape index (κ2) is 4.59. The summed E-state index contributed by atoms with van der Waals surface area (Å²) in [4.78, 5) is 33.6. The minimum Gasteiger partial charge on any atom is -0.367 e. The number of nitrogens with zero attached hydrogens (tertiary/aromatic N) is 2. The molecule has 3 heterocycles. The Morgan fingerprint density at radius 3 is 2.85 bits per heavy atom. The van der Waals surface area contributed by atoms with E-state index in [1.807, 2.05) is 13.8 Å².